The molecule has 1 heterocycles. The lowest BCUT2D eigenvalue weighted by atomic mass is 9.80. The molecule has 0 saturated heterocycles. The van der Waals surface area contributed by atoms with Crippen LogP contribution in [0.1, 0.15) is 17.9 Å². The second-order valence-electron chi connectivity index (χ2n) is 5.60. The Morgan fingerprint density at radius 1 is 1.48 bits per heavy atom. The standard InChI is InChI=1S/C17H14FNO6/c1-24-16-11-6-4-8-13(11)25-17(19(22)23,9-14(20)21)15(16)10-5-2-3-7-12(10)18/h2-8,15H,9H2,1H3,(H,20,21). The minimum Gasteiger partial charge on any atom is -0.499 e. The molecule has 2 atom stereocenters. The number of hydrogen-bond donors (Lipinski definition) is 1. The summed E-state index contributed by atoms with van der Waals surface area (Å²) in [5.41, 5.74) is -2.07. The Balaban J connectivity index is 2.32. The van der Waals surface area contributed by atoms with Crippen molar-refractivity contribution in [3.05, 3.63) is 81.1 Å². The number of halogens is 1. The van der Waals surface area contributed by atoms with Gasteiger partial charge in [-0.3, -0.25) is 14.9 Å². The molecule has 25 heavy (non-hydrogen) atoms. The van der Waals surface area contributed by atoms with Crippen LogP contribution in [0.3, 0.4) is 0 Å². The number of methoxy groups -OCH3 is 1. The Hall–Kier alpha value is -3.16. The maximum Gasteiger partial charge on any atom is 0.387 e. The van der Waals surface area contributed by atoms with Gasteiger partial charge in [-0.15, -0.1) is 0 Å². The molecule has 1 aliphatic carbocycles. The Labute approximate surface area is 141 Å². The van der Waals surface area contributed by atoms with Crippen LogP contribution in [0.5, 0.6) is 0 Å². The molecule has 0 amide bonds. The van der Waals surface area contributed by atoms with Gasteiger partial charge < -0.3 is 14.6 Å². The molecule has 2 aliphatic rings. The van der Waals surface area contributed by atoms with E-state index < -0.39 is 34.8 Å². The summed E-state index contributed by atoms with van der Waals surface area (Å²) in [5.74, 6) is -3.29. The number of hydrogen-bond acceptors (Lipinski definition) is 5. The number of benzene rings is 1. The fourth-order valence-electron chi connectivity index (χ4n) is 3.19. The molecule has 7 nitrogen and oxygen atoms in total. The Kier molecular flexibility index (Phi) is 4.03. The lowest BCUT2D eigenvalue weighted by molar-refractivity contribution is -0.629. The van der Waals surface area contributed by atoms with Gasteiger partial charge in [-0.05, 0) is 18.2 Å². The first-order valence-electron chi connectivity index (χ1n) is 7.37. The van der Waals surface area contributed by atoms with Crippen molar-refractivity contribution in [3.63, 3.8) is 0 Å². The first kappa shape index (κ1) is 16.7. The van der Waals surface area contributed by atoms with Crippen LogP contribution in [0, 0.1) is 15.9 Å². The summed E-state index contributed by atoms with van der Waals surface area (Å²) in [6.45, 7) is 0. The van der Waals surface area contributed by atoms with Crippen molar-refractivity contribution in [2.24, 2.45) is 0 Å². The van der Waals surface area contributed by atoms with Crippen LogP contribution < -0.4 is 0 Å². The van der Waals surface area contributed by atoms with Gasteiger partial charge in [0.15, 0.2) is 12.3 Å². The Bertz CT molecular complexity index is 843. The quantitative estimate of drug-likeness (QED) is 0.649. The van der Waals surface area contributed by atoms with Crippen LogP contribution in [-0.2, 0) is 14.3 Å². The van der Waals surface area contributed by atoms with Crippen molar-refractivity contribution < 1.29 is 28.7 Å². The zero-order valence-corrected chi connectivity index (χ0v) is 13.1. The summed E-state index contributed by atoms with van der Waals surface area (Å²) in [7, 11) is 1.30. The molecule has 0 radical (unpaired) electrons. The van der Waals surface area contributed by atoms with Crippen molar-refractivity contribution in [2.45, 2.75) is 18.1 Å². The van der Waals surface area contributed by atoms with E-state index in [-0.39, 0.29) is 17.1 Å². The molecule has 0 bridgehead atoms. The highest BCUT2D eigenvalue weighted by Gasteiger charge is 2.62. The predicted octanol–water partition coefficient (Wildman–Crippen LogP) is 2.74. The van der Waals surface area contributed by atoms with Crippen molar-refractivity contribution >= 4 is 5.97 Å². The molecule has 0 saturated carbocycles. The van der Waals surface area contributed by atoms with Gasteiger partial charge in [0.25, 0.3) is 0 Å². The summed E-state index contributed by atoms with van der Waals surface area (Å²) < 4.78 is 25.3. The van der Waals surface area contributed by atoms with Crippen molar-refractivity contribution in [1.29, 1.82) is 0 Å². The lowest BCUT2D eigenvalue weighted by Crippen LogP contribution is -2.51. The smallest absolute Gasteiger partial charge is 0.387 e. The number of rotatable bonds is 5. The third kappa shape index (κ3) is 2.55. The van der Waals surface area contributed by atoms with Crippen molar-refractivity contribution in [2.75, 3.05) is 7.11 Å². The molecule has 1 aromatic carbocycles. The predicted molar refractivity (Wildman–Crippen MR) is 83.5 cm³/mol. The molecule has 1 N–H and O–H groups in total. The average molecular weight is 347 g/mol. The Morgan fingerprint density at radius 3 is 2.80 bits per heavy atom. The highest BCUT2D eigenvalue weighted by Crippen LogP contribution is 2.50. The number of fused-ring (bicyclic) bond motifs is 1. The maximum atomic E-state index is 14.4. The summed E-state index contributed by atoms with van der Waals surface area (Å²) >= 11 is 0. The largest absolute Gasteiger partial charge is 0.499 e. The molecule has 2 unspecified atom stereocenters. The molecule has 3 rings (SSSR count). The number of aliphatic carboxylic acids is 1. The fourth-order valence-corrected chi connectivity index (χ4v) is 3.19. The number of carboxylic acids is 1. The number of allylic oxidation sites excluding steroid dienone is 3. The van der Waals surface area contributed by atoms with Gasteiger partial charge in [0, 0.05) is 5.56 Å². The maximum absolute atomic E-state index is 14.4. The molecule has 1 aromatic rings. The van der Waals surface area contributed by atoms with Crippen LogP contribution in [0.15, 0.2) is 59.6 Å². The third-order valence-corrected chi connectivity index (χ3v) is 4.19. The second kappa shape index (κ2) is 6.04. The van der Waals surface area contributed by atoms with Gasteiger partial charge in [-0.2, -0.15) is 0 Å². The Morgan fingerprint density at radius 2 is 2.20 bits per heavy atom. The summed E-state index contributed by atoms with van der Waals surface area (Å²) in [5, 5.41) is 21.2. The lowest BCUT2D eigenvalue weighted by Gasteiger charge is -2.38. The molecule has 130 valence electrons. The fraction of sp³-hybridized carbons (Fsp3) is 0.235. The first-order valence-corrected chi connectivity index (χ1v) is 7.37. The monoisotopic (exact) mass is 347 g/mol. The average Bonchev–Trinajstić information content (AvgIpc) is 3.01. The van der Waals surface area contributed by atoms with Gasteiger partial charge in [0.05, 0.1) is 17.6 Å². The van der Waals surface area contributed by atoms with Crippen LogP contribution in [0.4, 0.5) is 4.39 Å². The molecule has 0 aromatic heterocycles. The summed E-state index contributed by atoms with van der Waals surface area (Å²) in [6.07, 6.45) is 3.73. The zero-order valence-electron chi connectivity index (χ0n) is 13.1. The number of ether oxygens (including phenoxy) is 2. The zero-order chi connectivity index (χ0) is 18.2. The van der Waals surface area contributed by atoms with Gasteiger partial charge >= 0.3 is 11.7 Å². The van der Waals surface area contributed by atoms with E-state index in [2.05, 4.69) is 0 Å². The van der Waals surface area contributed by atoms with Crippen molar-refractivity contribution in [1.82, 2.24) is 0 Å². The van der Waals surface area contributed by atoms with Gasteiger partial charge in [-0.25, -0.2) is 4.39 Å². The topological polar surface area (TPSA) is 98.9 Å². The molecule has 0 fully saturated rings. The van der Waals surface area contributed by atoms with Gasteiger partial charge in [-0.1, -0.05) is 24.3 Å². The van der Waals surface area contributed by atoms with Crippen LogP contribution >= 0.6 is 0 Å². The number of nitrogens with zero attached hydrogens (tertiary/aromatic N) is 1. The second-order valence-corrected chi connectivity index (χ2v) is 5.60. The molecule has 8 heteroatoms. The highest BCUT2D eigenvalue weighted by atomic mass is 19.1. The molecular weight excluding hydrogens is 333 g/mol. The van der Waals surface area contributed by atoms with E-state index in [1.54, 1.807) is 12.2 Å². The third-order valence-electron chi connectivity index (χ3n) is 4.19. The van der Waals surface area contributed by atoms with Crippen LogP contribution in [0.25, 0.3) is 0 Å². The van der Waals surface area contributed by atoms with Crippen LogP contribution in [-0.4, -0.2) is 28.8 Å². The van der Waals surface area contributed by atoms with E-state index in [1.807, 2.05) is 0 Å². The number of nitro groups is 1. The summed E-state index contributed by atoms with van der Waals surface area (Å²) in [6, 6.07) is 5.46. The van der Waals surface area contributed by atoms with Crippen LogP contribution in [0.2, 0.25) is 0 Å². The van der Waals surface area contributed by atoms with Gasteiger partial charge in [0.2, 0.25) is 0 Å². The SMILES string of the molecule is COC1=C2C=CC=C2OC(CC(=O)O)([N+](=O)[O-])C1c1ccccc1F. The molecular formula is C17H14FNO6. The number of carboxylic acid groups (broad SMARTS) is 1. The minimum atomic E-state index is -2.43. The highest BCUT2D eigenvalue weighted by molar-refractivity contribution is 5.69. The van der Waals surface area contributed by atoms with Gasteiger partial charge in [0.1, 0.15) is 17.3 Å². The minimum absolute atomic E-state index is 0.0656. The van der Waals surface area contributed by atoms with E-state index >= 15 is 0 Å². The van der Waals surface area contributed by atoms with E-state index in [9.17, 15) is 24.4 Å². The van der Waals surface area contributed by atoms with Crippen molar-refractivity contribution in [3.8, 4) is 0 Å². The normalized spacial score (nSPS) is 24.4. The first-order chi connectivity index (χ1) is 11.9. The molecule has 1 aliphatic heterocycles. The van der Waals surface area contributed by atoms with E-state index in [0.717, 1.165) is 6.07 Å². The summed E-state index contributed by atoms with van der Waals surface area (Å²) in [4.78, 5) is 22.5. The van der Waals surface area contributed by atoms with E-state index in [0.29, 0.717) is 5.57 Å². The molecule has 0 spiro atoms. The van der Waals surface area contributed by atoms with E-state index in [4.69, 9.17) is 9.47 Å². The van der Waals surface area contributed by atoms with E-state index in [1.165, 1.54) is 31.4 Å². The number of carbonyl (C=O) groups is 1.